The molecule has 0 fully saturated rings. The van der Waals surface area contributed by atoms with Crippen LogP contribution in [0.2, 0.25) is 5.02 Å². The molecule has 4 nitrogen and oxygen atoms in total. The molecule has 21 heavy (non-hydrogen) atoms. The normalized spacial score (nSPS) is 11.8. The molecule has 0 saturated carbocycles. The number of anilines is 1. The number of carbonyl (C=O) groups excluding carboxylic acids is 1. The van der Waals surface area contributed by atoms with E-state index in [4.69, 9.17) is 11.6 Å². The Kier molecular flexibility index (Phi) is 5.12. The average Bonchev–Trinajstić information content (AvgIpc) is 2.47. The van der Waals surface area contributed by atoms with Gasteiger partial charge in [-0.2, -0.15) is 0 Å². The van der Waals surface area contributed by atoms with E-state index < -0.39 is 17.4 Å². The number of benzene rings is 2. The van der Waals surface area contributed by atoms with Crippen LogP contribution in [0, 0.1) is 6.92 Å². The summed E-state index contributed by atoms with van der Waals surface area (Å²) >= 11 is 4.22. The lowest BCUT2D eigenvalue weighted by molar-refractivity contribution is 0.252. The predicted molar refractivity (Wildman–Crippen MR) is 86.0 cm³/mol. The number of urea groups is 1. The molecule has 2 aromatic rings. The topological polar surface area (TPSA) is 55.4 Å². The number of hydrogen-bond donors (Lipinski definition) is 1. The van der Waals surface area contributed by atoms with E-state index in [0.29, 0.717) is 15.6 Å². The van der Waals surface area contributed by atoms with Crippen molar-refractivity contribution >= 4 is 34.7 Å². The molecule has 0 spiro atoms. The number of rotatable bonds is 3. The number of nitrogens with one attached hydrogen (secondary N) is 1. The molecule has 2 amide bonds. The van der Waals surface area contributed by atoms with Crippen LogP contribution in [0.5, 0.6) is 0 Å². The van der Waals surface area contributed by atoms with Gasteiger partial charge in [0.05, 0.1) is 0 Å². The van der Waals surface area contributed by atoms with Crippen LogP contribution >= 0.6 is 11.6 Å². The fourth-order valence-electron chi connectivity index (χ4n) is 1.65. The zero-order chi connectivity index (χ0) is 15.4. The van der Waals surface area contributed by atoms with Gasteiger partial charge in [-0.25, -0.2) is 4.79 Å². The van der Waals surface area contributed by atoms with Crippen LogP contribution in [0.4, 0.5) is 10.5 Å². The van der Waals surface area contributed by atoms with Crippen molar-refractivity contribution in [3.63, 3.8) is 0 Å². The zero-order valence-electron chi connectivity index (χ0n) is 11.7. The van der Waals surface area contributed by atoms with Crippen LogP contribution in [0.3, 0.4) is 0 Å². The second-order valence-corrected chi connectivity index (χ2v) is 6.17. The second-order valence-electron chi connectivity index (χ2n) is 4.52. The smallest absolute Gasteiger partial charge is 0.363 e. The summed E-state index contributed by atoms with van der Waals surface area (Å²) < 4.78 is 14.5. The Balaban J connectivity index is 2.03. The first-order valence-corrected chi connectivity index (χ1v) is 7.78. The molecule has 1 N–H and O–H groups in total. The van der Waals surface area contributed by atoms with Gasteiger partial charge in [0, 0.05) is 17.8 Å². The van der Waals surface area contributed by atoms with Crippen LogP contribution in [-0.4, -0.2) is 17.6 Å². The molecule has 0 saturated heterocycles. The van der Waals surface area contributed by atoms with E-state index in [0.717, 1.165) is 5.56 Å². The van der Waals surface area contributed by atoms with Gasteiger partial charge in [-0.15, -0.1) is 4.72 Å². The van der Waals surface area contributed by atoms with Gasteiger partial charge in [0.15, 0.2) is 4.90 Å². The van der Waals surface area contributed by atoms with Gasteiger partial charge in [-0.1, -0.05) is 29.3 Å². The largest absolute Gasteiger partial charge is 0.588 e. The summed E-state index contributed by atoms with van der Waals surface area (Å²) in [7, 11) is 1.60. The fourth-order valence-corrected chi connectivity index (χ4v) is 2.57. The van der Waals surface area contributed by atoms with E-state index in [9.17, 15) is 9.35 Å². The summed E-state index contributed by atoms with van der Waals surface area (Å²) in [6, 6.07) is 13.5. The minimum absolute atomic E-state index is 0.448. The van der Waals surface area contributed by atoms with Crippen molar-refractivity contribution in [2.45, 2.75) is 11.8 Å². The minimum atomic E-state index is -1.59. The van der Waals surface area contributed by atoms with Gasteiger partial charge < -0.3 is 4.55 Å². The highest BCUT2D eigenvalue weighted by molar-refractivity contribution is 7.90. The van der Waals surface area contributed by atoms with Crippen LogP contribution in [0.25, 0.3) is 0 Å². The number of aryl methyl sites for hydroxylation is 1. The Morgan fingerprint density at radius 1 is 1.14 bits per heavy atom. The summed E-state index contributed by atoms with van der Waals surface area (Å²) in [5, 5.41) is 0.593. The molecule has 0 aliphatic rings. The Bertz CT molecular complexity index is 617. The Hall–Kier alpha value is -1.69. The van der Waals surface area contributed by atoms with Crippen LogP contribution < -0.4 is 9.62 Å². The minimum Gasteiger partial charge on any atom is -0.588 e. The summed E-state index contributed by atoms with van der Waals surface area (Å²) in [5.41, 5.74) is 1.73. The molecular weight excluding hydrogens is 308 g/mol. The van der Waals surface area contributed by atoms with Crippen molar-refractivity contribution in [2.75, 3.05) is 11.9 Å². The maximum Gasteiger partial charge on any atom is 0.363 e. The maximum atomic E-state index is 12.1. The number of hydrogen-bond acceptors (Lipinski definition) is 2. The number of carbonyl (C=O) groups is 1. The molecular formula is C15H15ClN2O2S. The van der Waals surface area contributed by atoms with Crippen LogP contribution in [0.1, 0.15) is 5.56 Å². The fraction of sp³-hybridized carbons (Fsp3) is 0.133. The molecule has 1 unspecified atom stereocenters. The lowest BCUT2D eigenvalue weighted by Gasteiger charge is -2.18. The molecule has 110 valence electrons. The Morgan fingerprint density at radius 2 is 1.71 bits per heavy atom. The van der Waals surface area contributed by atoms with E-state index in [1.807, 2.05) is 19.1 Å². The van der Waals surface area contributed by atoms with E-state index in [2.05, 4.69) is 4.72 Å². The van der Waals surface area contributed by atoms with E-state index >= 15 is 0 Å². The molecule has 0 heterocycles. The first kappa shape index (κ1) is 15.7. The standard InChI is InChI=1S/C15H15ClN2O2S/c1-11-3-9-14(10-4-11)21(20)17-15(19)18(2)13-7-5-12(16)6-8-13/h3-10H,1-2H3,(H,17,19). The first-order chi connectivity index (χ1) is 9.97. The van der Waals surface area contributed by atoms with Gasteiger partial charge in [0.25, 0.3) is 0 Å². The van der Waals surface area contributed by atoms with Gasteiger partial charge in [0.2, 0.25) is 0 Å². The molecule has 1 atom stereocenters. The van der Waals surface area contributed by atoms with E-state index in [1.54, 1.807) is 43.4 Å². The highest BCUT2D eigenvalue weighted by Crippen LogP contribution is 2.17. The molecule has 0 aromatic heterocycles. The average molecular weight is 323 g/mol. The van der Waals surface area contributed by atoms with Crippen molar-refractivity contribution in [1.82, 2.24) is 4.72 Å². The van der Waals surface area contributed by atoms with E-state index in [-0.39, 0.29) is 0 Å². The van der Waals surface area contributed by atoms with Crippen LogP contribution in [-0.2, 0) is 11.4 Å². The number of nitrogens with zero attached hydrogens (tertiary/aromatic N) is 1. The summed E-state index contributed by atoms with van der Waals surface area (Å²) in [6.45, 7) is 1.94. The van der Waals surface area contributed by atoms with Gasteiger partial charge in [-0.3, -0.25) is 4.90 Å². The molecule has 0 aliphatic carbocycles. The monoisotopic (exact) mass is 322 g/mol. The summed E-state index contributed by atoms with van der Waals surface area (Å²) in [4.78, 5) is 14.0. The maximum absolute atomic E-state index is 12.1. The highest BCUT2D eigenvalue weighted by Gasteiger charge is 2.19. The molecule has 6 heteroatoms. The lowest BCUT2D eigenvalue weighted by atomic mass is 10.2. The first-order valence-electron chi connectivity index (χ1n) is 6.26. The highest BCUT2D eigenvalue weighted by atomic mass is 35.5. The van der Waals surface area contributed by atoms with Crippen molar-refractivity contribution in [3.05, 3.63) is 59.1 Å². The third-order valence-corrected chi connectivity index (χ3v) is 4.25. The molecule has 0 aliphatic heterocycles. The van der Waals surface area contributed by atoms with Crippen molar-refractivity contribution in [3.8, 4) is 0 Å². The van der Waals surface area contributed by atoms with Crippen molar-refractivity contribution in [2.24, 2.45) is 0 Å². The van der Waals surface area contributed by atoms with Crippen LogP contribution in [0.15, 0.2) is 53.4 Å². The van der Waals surface area contributed by atoms with Gasteiger partial charge >= 0.3 is 6.03 Å². The van der Waals surface area contributed by atoms with Gasteiger partial charge in [-0.05, 0) is 43.3 Å². The summed E-state index contributed by atoms with van der Waals surface area (Å²) in [6.07, 6.45) is 0. The Morgan fingerprint density at radius 3 is 2.29 bits per heavy atom. The predicted octanol–water partition coefficient (Wildman–Crippen LogP) is 3.52. The lowest BCUT2D eigenvalue weighted by Crippen LogP contribution is -2.40. The number of amides is 2. The third kappa shape index (κ3) is 4.14. The zero-order valence-corrected chi connectivity index (χ0v) is 13.2. The Labute approximate surface area is 132 Å². The molecule has 2 aromatic carbocycles. The quantitative estimate of drug-likeness (QED) is 0.879. The number of halogens is 1. The third-order valence-electron chi connectivity index (χ3n) is 2.93. The molecule has 0 radical (unpaired) electrons. The van der Waals surface area contributed by atoms with E-state index in [1.165, 1.54) is 4.90 Å². The second kappa shape index (κ2) is 6.85. The molecule has 0 bridgehead atoms. The molecule has 2 rings (SSSR count). The van der Waals surface area contributed by atoms with Gasteiger partial charge in [0.1, 0.15) is 11.4 Å². The SMILES string of the molecule is Cc1ccc([S+]([O-])NC(=O)N(C)c2ccc(Cl)cc2)cc1. The van der Waals surface area contributed by atoms with Crippen molar-refractivity contribution < 1.29 is 9.35 Å². The van der Waals surface area contributed by atoms with Crippen molar-refractivity contribution in [1.29, 1.82) is 0 Å². The summed E-state index contributed by atoms with van der Waals surface area (Å²) in [5.74, 6) is 0.